The van der Waals surface area contributed by atoms with Gasteiger partial charge < -0.3 is 16.4 Å². The number of hydrogen-bond acceptors (Lipinski definition) is 3. The molecule has 0 radical (unpaired) electrons. The Morgan fingerprint density at radius 2 is 1.96 bits per heavy atom. The predicted octanol–water partition coefficient (Wildman–Crippen LogP) is 3.83. The van der Waals surface area contributed by atoms with E-state index in [2.05, 4.69) is 17.6 Å². The fourth-order valence-electron chi connectivity index (χ4n) is 2.42. The van der Waals surface area contributed by atoms with Crippen molar-refractivity contribution in [2.75, 3.05) is 5.32 Å². The van der Waals surface area contributed by atoms with Crippen molar-refractivity contribution in [3.8, 4) is 0 Å². The minimum Gasteiger partial charge on any atom is -0.352 e. The van der Waals surface area contributed by atoms with E-state index in [0.717, 1.165) is 29.8 Å². The van der Waals surface area contributed by atoms with Crippen LogP contribution in [0.25, 0.3) is 0 Å². The van der Waals surface area contributed by atoms with Gasteiger partial charge in [-0.2, -0.15) is 0 Å². The van der Waals surface area contributed by atoms with Crippen LogP contribution in [0.1, 0.15) is 42.7 Å². The molecule has 2 aromatic rings. The zero-order chi connectivity index (χ0) is 17.4. The van der Waals surface area contributed by atoms with Crippen LogP contribution in [0.3, 0.4) is 0 Å². The van der Waals surface area contributed by atoms with Crippen LogP contribution < -0.4 is 16.4 Å². The van der Waals surface area contributed by atoms with Gasteiger partial charge in [0.05, 0.1) is 12.5 Å². The van der Waals surface area contributed by atoms with Crippen molar-refractivity contribution in [2.45, 2.75) is 38.6 Å². The molecule has 0 unspecified atom stereocenters. The van der Waals surface area contributed by atoms with Gasteiger partial charge in [-0.3, -0.25) is 4.79 Å². The Bertz CT molecular complexity index is 653. The summed E-state index contributed by atoms with van der Waals surface area (Å²) in [6.45, 7) is 2.17. The standard InChI is InChI=1S/C18H23N3O2S/c1-2-3-5-13-7-9-14(10-8-13)20-17(22)12-15(21-18(19)23)16-6-4-11-24-16/h4,6-11,15H,2-3,5,12H2,1H3,(H,20,22)(H3,19,21,23)/t15-/m0/s1. The van der Waals surface area contributed by atoms with Crippen LogP contribution >= 0.6 is 11.3 Å². The number of carbonyl (C=O) groups is 2. The largest absolute Gasteiger partial charge is 0.352 e. The highest BCUT2D eigenvalue weighted by atomic mass is 32.1. The summed E-state index contributed by atoms with van der Waals surface area (Å²) in [6, 6.07) is 10.6. The van der Waals surface area contributed by atoms with Crippen molar-refractivity contribution in [3.05, 3.63) is 52.2 Å². The molecule has 0 bridgehead atoms. The van der Waals surface area contributed by atoms with Gasteiger partial charge in [-0.1, -0.05) is 31.5 Å². The quantitative estimate of drug-likeness (QED) is 0.679. The first-order chi connectivity index (χ1) is 11.6. The molecule has 0 aliphatic heterocycles. The molecular formula is C18H23N3O2S. The second-order valence-corrected chi connectivity index (χ2v) is 6.61. The molecule has 128 valence electrons. The number of hydrogen-bond donors (Lipinski definition) is 3. The number of aryl methyl sites for hydroxylation is 1. The lowest BCUT2D eigenvalue weighted by atomic mass is 10.1. The predicted molar refractivity (Wildman–Crippen MR) is 98.1 cm³/mol. The summed E-state index contributed by atoms with van der Waals surface area (Å²) in [7, 11) is 0. The smallest absolute Gasteiger partial charge is 0.312 e. The summed E-state index contributed by atoms with van der Waals surface area (Å²) in [5.74, 6) is -0.163. The summed E-state index contributed by atoms with van der Waals surface area (Å²) >= 11 is 1.48. The van der Waals surface area contributed by atoms with Gasteiger partial charge in [-0.15, -0.1) is 11.3 Å². The summed E-state index contributed by atoms with van der Waals surface area (Å²) in [4.78, 5) is 24.3. The van der Waals surface area contributed by atoms with Crippen LogP contribution in [-0.2, 0) is 11.2 Å². The lowest BCUT2D eigenvalue weighted by Crippen LogP contribution is -2.34. The fourth-order valence-corrected chi connectivity index (χ4v) is 3.20. The molecule has 1 aromatic heterocycles. The van der Waals surface area contributed by atoms with Gasteiger partial charge in [0.25, 0.3) is 0 Å². The number of thiophene rings is 1. The Labute approximate surface area is 146 Å². The summed E-state index contributed by atoms with van der Waals surface area (Å²) in [5.41, 5.74) is 7.23. The number of rotatable bonds is 8. The number of primary amides is 1. The number of benzene rings is 1. The molecule has 1 atom stereocenters. The van der Waals surface area contributed by atoms with Crippen LogP contribution in [0, 0.1) is 0 Å². The third-order valence-electron chi connectivity index (χ3n) is 3.65. The van der Waals surface area contributed by atoms with Crippen molar-refractivity contribution >= 4 is 29.0 Å². The first-order valence-corrected chi connectivity index (χ1v) is 8.94. The molecule has 4 N–H and O–H groups in total. The highest BCUT2D eigenvalue weighted by molar-refractivity contribution is 7.10. The number of nitrogens with two attached hydrogens (primary N) is 1. The van der Waals surface area contributed by atoms with E-state index in [1.54, 1.807) is 0 Å². The molecule has 0 aliphatic carbocycles. The van der Waals surface area contributed by atoms with Crippen LogP contribution in [0.5, 0.6) is 0 Å². The van der Waals surface area contributed by atoms with Crippen molar-refractivity contribution in [2.24, 2.45) is 5.73 Å². The fraction of sp³-hybridized carbons (Fsp3) is 0.333. The van der Waals surface area contributed by atoms with E-state index in [1.165, 1.54) is 16.9 Å². The Balaban J connectivity index is 1.94. The number of urea groups is 1. The molecule has 2 rings (SSSR count). The van der Waals surface area contributed by atoms with Gasteiger partial charge in [-0.25, -0.2) is 4.79 Å². The Morgan fingerprint density at radius 3 is 2.54 bits per heavy atom. The Morgan fingerprint density at radius 1 is 1.21 bits per heavy atom. The highest BCUT2D eigenvalue weighted by Crippen LogP contribution is 2.22. The Kier molecular flexibility index (Phi) is 6.81. The summed E-state index contributed by atoms with van der Waals surface area (Å²) in [6.07, 6.45) is 3.51. The first kappa shape index (κ1) is 18.0. The van der Waals surface area contributed by atoms with Crippen molar-refractivity contribution < 1.29 is 9.59 Å². The second kappa shape index (κ2) is 9.08. The van der Waals surface area contributed by atoms with Gasteiger partial charge >= 0.3 is 6.03 Å². The van der Waals surface area contributed by atoms with Crippen molar-refractivity contribution in [1.29, 1.82) is 0 Å². The van der Waals surface area contributed by atoms with E-state index in [4.69, 9.17) is 5.73 Å². The lowest BCUT2D eigenvalue weighted by Gasteiger charge is -2.16. The van der Waals surface area contributed by atoms with Crippen LogP contribution in [-0.4, -0.2) is 11.9 Å². The second-order valence-electron chi connectivity index (χ2n) is 5.63. The van der Waals surface area contributed by atoms with E-state index in [9.17, 15) is 9.59 Å². The van der Waals surface area contributed by atoms with Gasteiger partial charge in [0.2, 0.25) is 5.91 Å². The molecular weight excluding hydrogens is 322 g/mol. The number of amides is 3. The molecule has 0 fully saturated rings. The Hall–Kier alpha value is -2.34. The molecule has 0 saturated heterocycles. The molecule has 1 heterocycles. The van der Waals surface area contributed by atoms with Crippen LogP contribution in [0.2, 0.25) is 0 Å². The van der Waals surface area contributed by atoms with Crippen molar-refractivity contribution in [3.63, 3.8) is 0 Å². The minimum atomic E-state index is -0.638. The van der Waals surface area contributed by atoms with E-state index in [0.29, 0.717) is 0 Å². The highest BCUT2D eigenvalue weighted by Gasteiger charge is 2.18. The van der Waals surface area contributed by atoms with Gasteiger partial charge in [0.15, 0.2) is 0 Å². The molecule has 1 aromatic carbocycles. The summed E-state index contributed by atoms with van der Waals surface area (Å²) in [5, 5.41) is 7.38. The average Bonchev–Trinajstić information content (AvgIpc) is 3.07. The van der Waals surface area contributed by atoms with Crippen LogP contribution in [0.4, 0.5) is 10.5 Å². The average molecular weight is 345 g/mol. The maximum absolute atomic E-state index is 12.3. The topological polar surface area (TPSA) is 84.2 Å². The third-order valence-corrected chi connectivity index (χ3v) is 4.64. The van der Waals surface area contributed by atoms with Gasteiger partial charge in [0, 0.05) is 10.6 Å². The monoisotopic (exact) mass is 345 g/mol. The molecule has 0 aliphatic rings. The number of anilines is 1. The van der Waals surface area contributed by atoms with Gasteiger partial charge in [-0.05, 0) is 42.0 Å². The third kappa shape index (κ3) is 5.70. The first-order valence-electron chi connectivity index (χ1n) is 8.06. The molecule has 5 nitrogen and oxygen atoms in total. The maximum Gasteiger partial charge on any atom is 0.312 e. The maximum atomic E-state index is 12.3. The van der Waals surface area contributed by atoms with E-state index in [1.807, 2.05) is 41.8 Å². The molecule has 0 spiro atoms. The van der Waals surface area contributed by atoms with Crippen molar-refractivity contribution in [1.82, 2.24) is 5.32 Å². The molecule has 24 heavy (non-hydrogen) atoms. The van der Waals surface area contributed by atoms with E-state index in [-0.39, 0.29) is 12.3 Å². The van der Waals surface area contributed by atoms with Crippen LogP contribution in [0.15, 0.2) is 41.8 Å². The molecule has 3 amide bonds. The SMILES string of the molecule is CCCCc1ccc(NC(=O)C[C@H](NC(N)=O)c2cccs2)cc1. The lowest BCUT2D eigenvalue weighted by molar-refractivity contribution is -0.116. The van der Waals surface area contributed by atoms with E-state index < -0.39 is 12.1 Å². The zero-order valence-electron chi connectivity index (χ0n) is 13.7. The van der Waals surface area contributed by atoms with Gasteiger partial charge in [0.1, 0.15) is 0 Å². The molecule has 6 heteroatoms. The minimum absolute atomic E-state index is 0.140. The van der Waals surface area contributed by atoms with E-state index >= 15 is 0 Å². The zero-order valence-corrected chi connectivity index (χ0v) is 14.6. The normalized spacial score (nSPS) is 11.7. The number of unbranched alkanes of at least 4 members (excludes halogenated alkanes) is 1. The summed E-state index contributed by atoms with van der Waals surface area (Å²) < 4.78 is 0. The number of carbonyl (C=O) groups excluding carboxylic acids is 2. The number of nitrogens with one attached hydrogen (secondary N) is 2. The molecule has 0 saturated carbocycles.